The van der Waals surface area contributed by atoms with Gasteiger partial charge in [-0.1, -0.05) is 18.2 Å². The molecule has 1 atom stereocenters. The highest BCUT2D eigenvalue weighted by molar-refractivity contribution is 7.17. The maximum Gasteiger partial charge on any atom is 0.418 e. The Morgan fingerprint density at radius 2 is 1.93 bits per heavy atom. The molecule has 1 N–H and O–H groups in total. The summed E-state index contributed by atoms with van der Waals surface area (Å²) in [5.41, 5.74) is -0.0741. The molecule has 1 unspecified atom stereocenters. The zero-order valence-corrected chi connectivity index (χ0v) is 8.27. The second-order valence-electron chi connectivity index (χ2n) is 3.13. The average molecular weight is 232 g/mol. The van der Waals surface area contributed by atoms with Gasteiger partial charge < -0.3 is 5.11 Å². The lowest BCUT2D eigenvalue weighted by atomic mass is 10.1. The van der Waals surface area contributed by atoms with Crippen molar-refractivity contribution in [3.05, 3.63) is 35.2 Å². The molecule has 0 spiro atoms. The molecule has 0 bridgehead atoms. The number of hydrogen-bond acceptors (Lipinski definition) is 2. The molecule has 0 amide bonds. The molecule has 1 heterocycles. The van der Waals surface area contributed by atoms with Crippen molar-refractivity contribution < 1.29 is 18.3 Å². The largest absolute Gasteiger partial charge is 0.418 e. The molecule has 1 aromatic heterocycles. The van der Waals surface area contributed by atoms with Gasteiger partial charge >= 0.3 is 6.18 Å². The fraction of sp³-hybridized carbons (Fsp3) is 0.200. The molecule has 15 heavy (non-hydrogen) atoms. The van der Waals surface area contributed by atoms with Crippen molar-refractivity contribution in [1.82, 2.24) is 0 Å². The lowest BCUT2D eigenvalue weighted by Gasteiger charge is -2.15. The first kappa shape index (κ1) is 10.4. The van der Waals surface area contributed by atoms with Crippen LogP contribution in [0.4, 0.5) is 13.2 Å². The Balaban J connectivity index is 2.56. The van der Waals surface area contributed by atoms with Gasteiger partial charge in [0, 0.05) is 10.3 Å². The Kier molecular flexibility index (Phi) is 2.44. The van der Waals surface area contributed by atoms with E-state index in [1.165, 1.54) is 23.5 Å². The van der Waals surface area contributed by atoms with Crippen molar-refractivity contribution >= 4 is 21.4 Å². The molecular formula is C10H7F3OS. The van der Waals surface area contributed by atoms with Gasteiger partial charge in [0.2, 0.25) is 0 Å². The molecule has 0 fully saturated rings. The number of rotatable bonds is 1. The summed E-state index contributed by atoms with van der Waals surface area (Å²) in [5.74, 6) is 0. The number of alkyl halides is 3. The Bertz CT molecular complexity index is 475. The van der Waals surface area contributed by atoms with Gasteiger partial charge in [-0.15, -0.1) is 11.3 Å². The lowest BCUT2D eigenvalue weighted by molar-refractivity contribution is -0.206. The lowest BCUT2D eigenvalue weighted by Crippen LogP contribution is -2.20. The number of benzene rings is 1. The maximum atomic E-state index is 12.3. The Labute approximate surface area is 87.8 Å². The first-order chi connectivity index (χ1) is 7.00. The molecular weight excluding hydrogens is 225 g/mol. The highest BCUT2D eigenvalue weighted by Crippen LogP contribution is 2.37. The highest BCUT2D eigenvalue weighted by Gasteiger charge is 2.40. The molecule has 0 aliphatic carbocycles. The Morgan fingerprint density at radius 1 is 1.20 bits per heavy atom. The number of fused-ring (bicyclic) bond motifs is 1. The van der Waals surface area contributed by atoms with Gasteiger partial charge in [0.15, 0.2) is 6.10 Å². The van der Waals surface area contributed by atoms with E-state index in [0.717, 1.165) is 5.39 Å². The second-order valence-corrected chi connectivity index (χ2v) is 4.05. The minimum atomic E-state index is -4.61. The van der Waals surface area contributed by atoms with Gasteiger partial charge in [-0.05, 0) is 16.8 Å². The van der Waals surface area contributed by atoms with E-state index >= 15 is 0 Å². The fourth-order valence-electron chi connectivity index (χ4n) is 1.41. The van der Waals surface area contributed by atoms with E-state index in [0.29, 0.717) is 4.70 Å². The van der Waals surface area contributed by atoms with Gasteiger partial charge in [-0.25, -0.2) is 0 Å². The summed E-state index contributed by atoms with van der Waals surface area (Å²) in [6, 6.07) is 6.27. The first-order valence-electron chi connectivity index (χ1n) is 4.21. The minimum Gasteiger partial charge on any atom is -0.379 e. The van der Waals surface area contributed by atoms with Crippen LogP contribution in [0.25, 0.3) is 10.1 Å². The number of aliphatic hydroxyl groups excluding tert-OH is 1. The maximum absolute atomic E-state index is 12.3. The molecule has 0 aliphatic heterocycles. The van der Waals surface area contributed by atoms with E-state index in [2.05, 4.69) is 0 Å². The van der Waals surface area contributed by atoms with Crippen molar-refractivity contribution in [3.8, 4) is 0 Å². The monoisotopic (exact) mass is 232 g/mol. The van der Waals surface area contributed by atoms with Crippen LogP contribution < -0.4 is 0 Å². The van der Waals surface area contributed by atoms with Crippen LogP contribution >= 0.6 is 11.3 Å². The molecule has 0 saturated heterocycles. The van der Waals surface area contributed by atoms with E-state index in [4.69, 9.17) is 5.11 Å². The normalized spacial score (nSPS) is 14.4. The third-order valence-corrected chi connectivity index (χ3v) is 3.09. The smallest absolute Gasteiger partial charge is 0.379 e. The third kappa shape index (κ3) is 1.85. The van der Waals surface area contributed by atoms with E-state index in [1.807, 2.05) is 0 Å². The summed E-state index contributed by atoms with van der Waals surface area (Å²) in [7, 11) is 0. The SMILES string of the molecule is OC(c1cccc2ccsc12)C(F)(F)F. The van der Waals surface area contributed by atoms with E-state index < -0.39 is 12.3 Å². The summed E-state index contributed by atoms with van der Waals surface area (Å²) in [5, 5.41) is 11.6. The van der Waals surface area contributed by atoms with Crippen LogP contribution in [0.3, 0.4) is 0 Å². The standard InChI is InChI=1S/C10H7F3OS/c11-10(12,13)9(14)7-3-1-2-6-4-5-15-8(6)7/h1-5,9,14H. The van der Waals surface area contributed by atoms with Crippen molar-refractivity contribution in [3.63, 3.8) is 0 Å². The predicted octanol–water partition coefficient (Wildman–Crippen LogP) is 3.50. The molecule has 2 aromatic rings. The summed E-state index contributed by atoms with van der Waals surface area (Å²) >= 11 is 1.20. The Hall–Kier alpha value is -1.07. The number of hydrogen-bond donors (Lipinski definition) is 1. The van der Waals surface area contributed by atoms with Crippen LogP contribution in [0, 0.1) is 0 Å². The van der Waals surface area contributed by atoms with E-state index in [9.17, 15) is 13.2 Å². The predicted molar refractivity (Wildman–Crippen MR) is 52.8 cm³/mol. The van der Waals surface area contributed by atoms with Crippen molar-refractivity contribution in [2.45, 2.75) is 12.3 Å². The molecule has 0 radical (unpaired) electrons. The first-order valence-corrected chi connectivity index (χ1v) is 5.09. The van der Waals surface area contributed by atoms with Crippen LogP contribution in [0.15, 0.2) is 29.6 Å². The minimum absolute atomic E-state index is 0.0741. The second kappa shape index (κ2) is 3.50. The van der Waals surface area contributed by atoms with Crippen LogP contribution in [0.1, 0.15) is 11.7 Å². The highest BCUT2D eigenvalue weighted by atomic mass is 32.1. The molecule has 5 heteroatoms. The van der Waals surface area contributed by atoms with Crippen LogP contribution in [0.2, 0.25) is 0 Å². The number of halogens is 3. The molecule has 2 rings (SSSR count). The zero-order chi connectivity index (χ0) is 11.1. The summed E-state index contributed by atoms with van der Waals surface area (Å²) < 4.78 is 37.5. The van der Waals surface area contributed by atoms with Gasteiger partial charge in [0.25, 0.3) is 0 Å². The summed E-state index contributed by atoms with van der Waals surface area (Å²) in [6.07, 6.45) is -7.02. The van der Waals surface area contributed by atoms with Gasteiger partial charge in [0.1, 0.15) is 0 Å². The van der Waals surface area contributed by atoms with Gasteiger partial charge in [-0.2, -0.15) is 13.2 Å². The topological polar surface area (TPSA) is 20.2 Å². The van der Waals surface area contributed by atoms with Crippen LogP contribution in [0.5, 0.6) is 0 Å². The fourth-order valence-corrected chi connectivity index (χ4v) is 2.35. The molecule has 80 valence electrons. The van der Waals surface area contributed by atoms with Crippen molar-refractivity contribution in [2.24, 2.45) is 0 Å². The quantitative estimate of drug-likeness (QED) is 0.797. The van der Waals surface area contributed by atoms with E-state index in [1.54, 1.807) is 17.5 Å². The molecule has 1 aromatic carbocycles. The Morgan fingerprint density at radius 3 is 2.60 bits per heavy atom. The summed E-state index contributed by atoms with van der Waals surface area (Å²) in [4.78, 5) is 0. The molecule has 1 nitrogen and oxygen atoms in total. The van der Waals surface area contributed by atoms with Gasteiger partial charge in [0.05, 0.1) is 0 Å². The average Bonchev–Trinajstić information content (AvgIpc) is 2.62. The van der Waals surface area contributed by atoms with Crippen LogP contribution in [-0.2, 0) is 0 Å². The zero-order valence-electron chi connectivity index (χ0n) is 7.45. The van der Waals surface area contributed by atoms with Crippen molar-refractivity contribution in [1.29, 1.82) is 0 Å². The van der Waals surface area contributed by atoms with E-state index in [-0.39, 0.29) is 5.56 Å². The molecule has 0 saturated carbocycles. The molecule has 0 aliphatic rings. The van der Waals surface area contributed by atoms with Crippen molar-refractivity contribution in [2.75, 3.05) is 0 Å². The van der Waals surface area contributed by atoms with Gasteiger partial charge in [-0.3, -0.25) is 0 Å². The summed E-state index contributed by atoms with van der Waals surface area (Å²) in [6.45, 7) is 0. The number of aliphatic hydroxyl groups is 1. The third-order valence-electron chi connectivity index (χ3n) is 2.11. The van der Waals surface area contributed by atoms with Crippen LogP contribution in [-0.4, -0.2) is 11.3 Å². The number of thiophene rings is 1.